The molecule has 0 amide bonds. The molecule has 2 atom stereocenters. The Balaban J connectivity index is 0.000000256. The zero-order valence-electron chi connectivity index (χ0n) is 54.9. The van der Waals surface area contributed by atoms with E-state index in [2.05, 4.69) is 37.5 Å². The first-order valence-electron chi connectivity index (χ1n) is 30.8. The zero-order valence-corrected chi connectivity index (χ0v) is 58.2. The number of rotatable bonds is 24. The number of hydrogen-bond acceptors (Lipinski definition) is 16. The first kappa shape index (κ1) is 71.0. The molecule has 20 heteroatoms. The summed E-state index contributed by atoms with van der Waals surface area (Å²) in [7, 11) is -4.94. The summed E-state index contributed by atoms with van der Waals surface area (Å²) in [5.74, 6) is 1.02. The van der Waals surface area contributed by atoms with Gasteiger partial charge < -0.3 is 38.2 Å². The summed E-state index contributed by atoms with van der Waals surface area (Å²) in [5, 5.41) is 0. The molecule has 0 unspecified atom stereocenters. The lowest BCUT2D eigenvalue weighted by Gasteiger charge is -2.43. The maximum Gasteiger partial charge on any atom is 0.344 e. The molecule has 0 aliphatic carbocycles. The Kier molecular flexibility index (Phi) is 24.3. The van der Waals surface area contributed by atoms with Crippen LogP contribution < -0.4 is 28.7 Å². The van der Waals surface area contributed by atoms with Crippen molar-refractivity contribution in [2.45, 2.75) is 176 Å². The molecule has 2 aliphatic rings. The summed E-state index contributed by atoms with van der Waals surface area (Å²) in [5.41, 5.74) is 1.97. The largest absolute Gasteiger partial charge is 0.497 e. The molecular weight excluding hydrogens is 1220 g/mol. The minimum absolute atomic E-state index is 0.142. The van der Waals surface area contributed by atoms with Crippen molar-refractivity contribution in [3.8, 4) is 23.0 Å². The summed E-state index contributed by atoms with van der Waals surface area (Å²) in [6.45, 7) is 19.8. The predicted molar refractivity (Wildman–Crippen MR) is 363 cm³/mol. The Morgan fingerprint density at radius 2 is 0.856 bits per heavy atom. The van der Waals surface area contributed by atoms with E-state index < -0.39 is 54.3 Å². The fourth-order valence-electron chi connectivity index (χ4n) is 11.4. The highest BCUT2D eigenvalue weighted by molar-refractivity contribution is 7.99. The van der Waals surface area contributed by atoms with Crippen LogP contribution in [0.25, 0.3) is 0 Å². The summed E-state index contributed by atoms with van der Waals surface area (Å²) in [6.07, 6.45) is 10.1. The maximum absolute atomic E-state index is 15.1. The second-order valence-electron chi connectivity index (χ2n) is 24.6. The van der Waals surface area contributed by atoms with Crippen LogP contribution in [0.2, 0.25) is 0 Å². The number of para-hydroxylation sites is 2. The maximum atomic E-state index is 15.1. The topological polar surface area (TPSA) is 171 Å². The number of esters is 2. The lowest BCUT2D eigenvalue weighted by atomic mass is 9.88. The van der Waals surface area contributed by atoms with Crippen molar-refractivity contribution in [2.75, 3.05) is 62.8 Å². The normalized spacial score (nSPS) is 18.2. The van der Waals surface area contributed by atoms with Crippen LogP contribution in [0.15, 0.2) is 153 Å². The third-order valence-electron chi connectivity index (χ3n) is 16.1. The van der Waals surface area contributed by atoms with Gasteiger partial charge in [0.25, 0.3) is 0 Å². The average Bonchev–Trinajstić information content (AvgIpc) is 1.56. The molecule has 0 radical (unpaired) electrons. The van der Waals surface area contributed by atoms with Crippen molar-refractivity contribution in [1.29, 1.82) is 0 Å². The SMILES string of the molecule is CCCC[C@@]1(CC)CN(c2ccccc2)c2cc(SC)c(OCC(=O)OC(C)(C)C)cc2S(=O)(=O)N1Cc1ccc(OC)cc1.CCCC[C@]1(CC)CN(c2ccccc2)c2cc(SC)c(OCC(=O)OC(C)(C)C)cc2S(=O)(=O)N1Cc1ccc(OC)cc1. The first-order valence-corrected chi connectivity index (χ1v) is 36.2. The summed E-state index contributed by atoms with van der Waals surface area (Å²) in [6, 6.07) is 41.9. The van der Waals surface area contributed by atoms with Gasteiger partial charge in [0.05, 0.1) is 46.5 Å². The van der Waals surface area contributed by atoms with Crippen molar-refractivity contribution in [3.63, 3.8) is 0 Å². The Morgan fingerprint density at radius 3 is 1.14 bits per heavy atom. The highest BCUT2D eigenvalue weighted by atomic mass is 32.2. The van der Waals surface area contributed by atoms with Gasteiger partial charge in [-0.1, -0.05) is 114 Å². The van der Waals surface area contributed by atoms with Gasteiger partial charge in [-0.2, -0.15) is 8.61 Å². The van der Waals surface area contributed by atoms with Crippen LogP contribution in [-0.4, -0.2) is 113 Å². The lowest BCUT2D eigenvalue weighted by molar-refractivity contribution is -0.158. The van der Waals surface area contributed by atoms with Crippen LogP contribution in [-0.2, 0) is 52.2 Å². The van der Waals surface area contributed by atoms with Gasteiger partial charge in [-0.3, -0.25) is 0 Å². The van der Waals surface area contributed by atoms with Crippen molar-refractivity contribution < 1.29 is 54.8 Å². The fourth-order valence-corrected chi connectivity index (χ4v) is 16.6. The summed E-state index contributed by atoms with van der Waals surface area (Å²) in [4.78, 5) is 31.2. The second kappa shape index (κ2) is 30.8. The van der Waals surface area contributed by atoms with Crippen molar-refractivity contribution in [1.82, 2.24) is 8.61 Å². The molecule has 0 fully saturated rings. The van der Waals surface area contributed by atoms with Gasteiger partial charge in [-0.25, -0.2) is 26.4 Å². The minimum atomic E-state index is -4.08. The molecule has 2 aliphatic heterocycles. The fraction of sp³-hybridized carbons (Fsp3) is 0.457. The molecule has 90 heavy (non-hydrogen) atoms. The number of fused-ring (bicyclic) bond motifs is 2. The molecule has 0 bridgehead atoms. The number of methoxy groups -OCH3 is 2. The zero-order chi connectivity index (χ0) is 65.7. The van der Waals surface area contributed by atoms with Crippen molar-refractivity contribution in [2.24, 2.45) is 0 Å². The van der Waals surface area contributed by atoms with Gasteiger partial charge in [0, 0.05) is 49.7 Å². The van der Waals surface area contributed by atoms with E-state index >= 15 is 16.8 Å². The number of sulfonamides is 2. The second-order valence-corrected chi connectivity index (χ2v) is 30.0. The number of carbonyl (C=O) groups excluding carboxylic acids is 2. The van der Waals surface area contributed by atoms with E-state index in [4.69, 9.17) is 28.4 Å². The quantitative estimate of drug-likeness (QED) is 0.0414. The molecule has 0 spiro atoms. The molecule has 2 heterocycles. The lowest BCUT2D eigenvalue weighted by Crippen LogP contribution is -2.54. The van der Waals surface area contributed by atoms with Crippen molar-refractivity contribution in [3.05, 3.63) is 145 Å². The summed E-state index contributed by atoms with van der Waals surface area (Å²) < 4.78 is 97.3. The molecule has 488 valence electrons. The smallest absolute Gasteiger partial charge is 0.344 e. The number of ether oxygens (including phenoxy) is 6. The first-order chi connectivity index (χ1) is 42.7. The predicted octanol–water partition coefficient (Wildman–Crippen LogP) is 15.6. The minimum Gasteiger partial charge on any atom is -0.497 e. The van der Waals surface area contributed by atoms with Crippen molar-refractivity contribution >= 4 is 78.3 Å². The number of nitrogens with zero attached hydrogens (tertiary/aromatic N) is 4. The highest BCUT2D eigenvalue weighted by Gasteiger charge is 2.50. The molecule has 0 aromatic heterocycles. The average molecular weight is 1310 g/mol. The third-order valence-corrected chi connectivity index (χ3v) is 21.6. The molecule has 6 aromatic rings. The Labute approximate surface area is 544 Å². The Hall–Kier alpha value is -6.42. The molecule has 0 N–H and O–H groups in total. The van der Waals surface area contributed by atoms with E-state index in [0.717, 1.165) is 58.0 Å². The number of benzene rings is 6. The van der Waals surface area contributed by atoms with Gasteiger partial charge in [0.1, 0.15) is 44.0 Å². The third kappa shape index (κ3) is 17.2. The number of thioether (sulfide) groups is 2. The number of anilines is 4. The van der Waals surface area contributed by atoms with E-state index in [-0.39, 0.29) is 36.1 Å². The molecule has 6 aromatic carbocycles. The molecule has 8 rings (SSSR count). The van der Waals surface area contributed by atoms with E-state index in [1.807, 2.05) is 134 Å². The highest BCUT2D eigenvalue weighted by Crippen LogP contribution is 2.50. The van der Waals surface area contributed by atoms with Gasteiger partial charge in [-0.15, -0.1) is 23.5 Å². The summed E-state index contributed by atoms with van der Waals surface area (Å²) >= 11 is 2.88. The van der Waals surface area contributed by atoms with Crippen LogP contribution in [0.5, 0.6) is 23.0 Å². The molecule has 0 saturated heterocycles. The van der Waals surface area contributed by atoms with Gasteiger partial charge in [0.2, 0.25) is 20.0 Å². The van der Waals surface area contributed by atoms with Crippen LogP contribution in [0.3, 0.4) is 0 Å². The van der Waals surface area contributed by atoms with Gasteiger partial charge in [-0.05, 0) is 152 Å². The van der Waals surface area contributed by atoms with Gasteiger partial charge in [0.15, 0.2) is 13.2 Å². The standard InChI is InChI=1S/2C35H46N2O6S2/c2*1-8-10-20-35(9-2)25-36(27-14-12-11-13-15-27)29-21-31(44-7)30(42-24-33(38)43-34(3,4)5)22-32(29)45(39,40)37(35)23-26-16-18-28(41-6)19-17-26/h2*11-19,21-22H,8-10,20,23-25H2,1-7H3/t2*35-/m10/s1. The van der Waals surface area contributed by atoms with Gasteiger partial charge >= 0.3 is 11.9 Å². The number of unbranched alkanes of at least 4 members (excludes halogenated alkanes) is 2. The van der Waals surface area contributed by atoms with Crippen LogP contribution in [0, 0.1) is 0 Å². The molecular formula is C70H92N4O12S4. The number of carbonyl (C=O) groups is 2. The molecule has 0 saturated carbocycles. The van der Waals surface area contributed by atoms with Crippen LogP contribution in [0.1, 0.15) is 132 Å². The van der Waals surface area contributed by atoms with Crippen LogP contribution >= 0.6 is 23.5 Å². The number of hydrogen-bond donors (Lipinski definition) is 0. The van der Waals surface area contributed by atoms with E-state index in [1.54, 1.807) is 76.5 Å². The van der Waals surface area contributed by atoms with E-state index in [0.29, 0.717) is 73.1 Å². The van der Waals surface area contributed by atoms with E-state index in [9.17, 15) is 9.59 Å². The Morgan fingerprint density at radius 1 is 0.511 bits per heavy atom. The molecule has 16 nitrogen and oxygen atoms in total. The van der Waals surface area contributed by atoms with E-state index in [1.165, 1.54) is 23.5 Å². The monoisotopic (exact) mass is 1310 g/mol. The van der Waals surface area contributed by atoms with Crippen LogP contribution in [0.4, 0.5) is 22.7 Å². The Bertz CT molecular complexity index is 3350.